The van der Waals surface area contributed by atoms with Crippen LogP contribution >= 0.6 is 15.9 Å². The first-order valence-corrected chi connectivity index (χ1v) is 6.63. The molecule has 2 N–H and O–H groups in total. The first-order chi connectivity index (χ1) is 9.69. The quantitative estimate of drug-likeness (QED) is 0.706. The molecule has 2 aromatic carbocycles. The van der Waals surface area contributed by atoms with Crippen molar-refractivity contribution < 1.29 is 9.15 Å². The van der Waals surface area contributed by atoms with Gasteiger partial charge in [-0.3, -0.25) is 0 Å². The van der Waals surface area contributed by atoms with Gasteiger partial charge in [0.2, 0.25) is 5.76 Å². The van der Waals surface area contributed by atoms with Gasteiger partial charge in [-0.1, -0.05) is 28.1 Å². The molecule has 0 bridgehead atoms. The summed E-state index contributed by atoms with van der Waals surface area (Å²) in [5, 5.41) is 9.90. The highest BCUT2D eigenvalue weighted by molar-refractivity contribution is 9.10. The largest absolute Gasteiger partial charge is 0.450 e. The van der Waals surface area contributed by atoms with E-state index in [1.165, 1.54) is 0 Å². The molecular formula is C15H9BrN2O2. The highest BCUT2D eigenvalue weighted by atomic mass is 79.9. The van der Waals surface area contributed by atoms with Gasteiger partial charge in [0.1, 0.15) is 11.7 Å². The lowest BCUT2D eigenvalue weighted by Gasteiger charge is -2.07. The SMILES string of the molecule is N#Cc1oc2ccccc2c1Oc1cc(Br)ccc1N. The number of halogens is 1. The molecule has 20 heavy (non-hydrogen) atoms. The molecule has 0 saturated heterocycles. The third kappa shape index (κ3) is 2.10. The minimum absolute atomic E-state index is 0.130. The Hall–Kier alpha value is -2.45. The van der Waals surface area contributed by atoms with Crippen LogP contribution in [0.1, 0.15) is 5.76 Å². The number of nitrogens with two attached hydrogens (primary N) is 1. The van der Waals surface area contributed by atoms with Gasteiger partial charge in [-0.15, -0.1) is 0 Å². The second-order valence-corrected chi connectivity index (χ2v) is 5.07. The van der Waals surface area contributed by atoms with E-state index in [1.54, 1.807) is 18.2 Å². The summed E-state index contributed by atoms with van der Waals surface area (Å²) in [5.74, 6) is 0.987. The average molecular weight is 329 g/mol. The van der Waals surface area contributed by atoms with Crippen LogP contribution < -0.4 is 10.5 Å². The number of benzene rings is 2. The van der Waals surface area contributed by atoms with Gasteiger partial charge in [0.25, 0.3) is 0 Å². The van der Waals surface area contributed by atoms with Gasteiger partial charge >= 0.3 is 0 Å². The number of nitrogen functional groups attached to an aromatic ring is 1. The van der Waals surface area contributed by atoms with E-state index in [0.717, 1.165) is 9.86 Å². The number of para-hydroxylation sites is 1. The maximum Gasteiger partial charge on any atom is 0.247 e. The molecule has 0 aliphatic rings. The van der Waals surface area contributed by atoms with Gasteiger partial charge in [-0.2, -0.15) is 5.26 Å². The van der Waals surface area contributed by atoms with Crippen molar-refractivity contribution in [1.82, 2.24) is 0 Å². The molecule has 0 spiro atoms. The van der Waals surface area contributed by atoms with Crippen LogP contribution in [0.15, 0.2) is 51.4 Å². The lowest BCUT2D eigenvalue weighted by molar-refractivity contribution is 0.469. The van der Waals surface area contributed by atoms with Crippen molar-refractivity contribution in [1.29, 1.82) is 5.26 Å². The Morgan fingerprint density at radius 2 is 2.00 bits per heavy atom. The van der Waals surface area contributed by atoms with Crippen molar-refractivity contribution in [2.45, 2.75) is 0 Å². The minimum Gasteiger partial charge on any atom is -0.450 e. The van der Waals surface area contributed by atoms with E-state index in [4.69, 9.17) is 20.1 Å². The smallest absolute Gasteiger partial charge is 0.247 e. The zero-order valence-corrected chi connectivity index (χ0v) is 11.8. The molecule has 0 unspecified atom stereocenters. The summed E-state index contributed by atoms with van der Waals surface area (Å²) in [7, 11) is 0. The molecule has 0 aliphatic heterocycles. The molecule has 5 heteroatoms. The van der Waals surface area contributed by atoms with Gasteiger partial charge in [-0.25, -0.2) is 0 Å². The zero-order valence-electron chi connectivity index (χ0n) is 10.3. The Kier molecular flexibility index (Phi) is 3.09. The van der Waals surface area contributed by atoms with E-state index < -0.39 is 0 Å². The Morgan fingerprint density at radius 1 is 1.20 bits per heavy atom. The topological polar surface area (TPSA) is 72.2 Å². The predicted molar refractivity (Wildman–Crippen MR) is 79.6 cm³/mol. The van der Waals surface area contributed by atoms with Crippen molar-refractivity contribution >= 4 is 32.6 Å². The van der Waals surface area contributed by atoms with Gasteiger partial charge in [0.15, 0.2) is 11.5 Å². The van der Waals surface area contributed by atoms with Crippen LogP contribution in [0.4, 0.5) is 5.69 Å². The minimum atomic E-state index is 0.130. The molecule has 0 fully saturated rings. The second kappa shape index (κ2) is 4.91. The Bertz CT molecular complexity index is 833. The highest BCUT2D eigenvalue weighted by Gasteiger charge is 2.17. The number of hydrogen-bond donors (Lipinski definition) is 1. The van der Waals surface area contributed by atoms with Crippen LogP contribution in [0.3, 0.4) is 0 Å². The number of fused-ring (bicyclic) bond motifs is 1. The summed E-state index contributed by atoms with van der Waals surface area (Å²) < 4.78 is 12.1. The average Bonchev–Trinajstić information content (AvgIpc) is 2.81. The number of anilines is 1. The Morgan fingerprint density at radius 3 is 2.80 bits per heavy atom. The van der Waals surface area contributed by atoms with Gasteiger partial charge in [0, 0.05) is 4.47 Å². The monoisotopic (exact) mass is 328 g/mol. The van der Waals surface area contributed by atoms with Gasteiger partial charge in [-0.05, 0) is 30.3 Å². The molecule has 3 aromatic rings. The van der Waals surface area contributed by atoms with E-state index in [9.17, 15) is 0 Å². The van der Waals surface area contributed by atoms with Crippen molar-refractivity contribution in [3.8, 4) is 17.6 Å². The van der Waals surface area contributed by atoms with Crippen LogP contribution in [-0.2, 0) is 0 Å². The molecule has 0 saturated carbocycles. The fourth-order valence-electron chi connectivity index (χ4n) is 1.90. The van der Waals surface area contributed by atoms with E-state index in [2.05, 4.69) is 15.9 Å². The number of hydrogen-bond acceptors (Lipinski definition) is 4. The van der Waals surface area contributed by atoms with Crippen LogP contribution in [0.25, 0.3) is 11.0 Å². The predicted octanol–water partition coefficient (Wildman–Crippen LogP) is 4.44. The first-order valence-electron chi connectivity index (χ1n) is 5.83. The van der Waals surface area contributed by atoms with Gasteiger partial charge < -0.3 is 14.9 Å². The van der Waals surface area contributed by atoms with Gasteiger partial charge in [0.05, 0.1) is 11.1 Å². The summed E-state index contributed by atoms with van der Waals surface area (Å²) in [6.07, 6.45) is 0. The fourth-order valence-corrected chi connectivity index (χ4v) is 2.24. The summed E-state index contributed by atoms with van der Waals surface area (Å²) >= 11 is 3.36. The van der Waals surface area contributed by atoms with E-state index in [0.29, 0.717) is 22.8 Å². The number of nitrogens with zero attached hydrogens (tertiary/aromatic N) is 1. The summed E-state index contributed by atoms with van der Waals surface area (Å²) in [4.78, 5) is 0. The summed E-state index contributed by atoms with van der Waals surface area (Å²) in [6, 6.07) is 14.6. The number of nitriles is 1. The number of furan rings is 1. The lowest BCUT2D eigenvalue weighted by atomic mass is 10.2. The molecule has 1 heterocycles. The summed E-state index contributed by atoms with van der Waals surface area (Å²) in [6.45, 7) is 0. The molecule has 4 nitrogen and oxygen atoms in total. The van der Waals surface area contributed by atoms with Crippen molar-refractivity contribution in [2.75, 3.05) is 5.73 Å². The van der Waals surface area contributed by atoms with Crippen molar-refractivity contribution in [2.24, 2.45) is 0 Å². The molecule has 3 rings (SSSR count). The van der Waals surface area contributed by atoms with E-state index in [-0.39, 0.29) is 5.76 Å². The Balaban J connectivity index is 2.15. The fraction of sp³-hybridized carbons (Fsp3) is 0. The maximum absolute atomic E-state index is 9.16. The molecule has 0 atom stereocenters. The number of rotatable bonds is 2. The third-order valence-corrected chi connectivity index (χ3v) is 3.33. The van der Waals surface area contributed by atoms with Crippen LogP contribution in [0.5, 0.6) is 11.5 Å². The Labute approximate surface area is 123 Å². The molecule has 1 aromatic heterocycles. The second-order valence-electron chi connectivity index (χ2n) is 4.15. The van der Waals surface area contributed by atoms with E-state index in [1.807, 2.05) is 30.3 Å². The molecule has 0 aliphatic carbocycles. The zero-order chi connectivity index (χ0) is 14.1. The summed E-state index contributed by atoms with van der Waals surface area (Å²) in [5.41, 5.74) is 6.97. The molecular weight excluding hydrogens is 320 g/mol. The maximum atomic E-state index is 9.16. The normalized spacial score (nSPS) is 10.4. The third-order valence-electron chi connectivity index (χ3n) is 2.84. The first kappa shape index (κ1) is 12.6. The molecule has 98 valence electrons. The molecule has 0 amide bonds. The van der Waals surface area contributed by atoms with E-state index >= 15 is 0 Å². The molecule has 0 radical (unpaired) electrons. The van der Waals surface area contributed by atoms with Crippen molar-refractivity contribution in [3.05, 3.63) is 52.7 Å². The van der Waals surface area contributed by atoms with Crippen molar-refractivity contribution in [3.63, 3.8) is 0 Å². The van der Waals surface area contributed by atoms with Crippen LogP contribution in [0, 0.1) is 11.3 Å². The van der Waals surface area contributed by atoms with Crippen LogP contribution in [-0.4, -0.2) is 0 Å². The standard InChI is InChI=1S/C15H9BrN2O2/c16-9-5-6-11(18)13(7-9)20-15-10-3-1-2-4-12(10)19-14(15)8-17/h1-7H,18H2. The number of ether oxygens (including phenoxy) is 1. The highest BCUT2D eigenvalue weighted by Crippen LogP contribution is 2.38. The van der Waals surface area contributed by atoms with Crippen LogP contribution in [0.2, 0.25) is 0 Å². The lowest BCUT2D eigenvalue weighted by Crippen LogP contribution is -1.92.